The molecule has 0 aliphatic carbocycles. The number of H-pyrrole nitrogens is 2. The van der Waals surface area contributed by atoms with Crippen molar-refractivity contribution in [3.8, 4) is 17.1 Å². The first-order chi connectivity index (χ1) is 13.4. The molecule has 9 nitrogen and oxygen atoms in total. The van der Waals surface area contributed by atoms with Gasteiger partial charge in [-0.2, -0.15) is 5.10 Å². The van der Waals surface area contributed by atoms with Crippen LogP contribution in [0.25, 0.3) is 33.5 Å². The Hall–Kier alpha value is -3.17. The Morgan fingerprint density at radius 2 is 2.21 bits per heavy atom. The minimum absolute atomic E-state index is 0.221. The molecular formula is C18H17ClN6O3. The average molecular weight is 401 g/mol. The number of aliphatic hydroxyl groups excluding tert-OH is 1. The molecular weight excluding hydrogens is 384 g/mol. The first-order valence-corrected chi connectivity index (χ1v) is 8.83. The van der Waals surface area contributed by atoms with Crippen LogP contribution in [-0.2, 0) is 0 Å². The molecule has 0 radical (unpaired) electrons. The summed E-state index contributed by atoms with van der Waals surface area (Å²) < 4.78 is 5.34. The fraction of sp³-hybridized carbons (Fsp3) is 0.222. The Balaban J connectivity index is 1.69. The number of nitrogens with one attached hydrogen (secondary N) is 3. The van der Waals surface area contributed by atoms with Crippen LogP contribution >= 0.6 is 11.6 Å². The molecule has 0 saturated heterocycles. The van der Waals surface area contributed by atoms with E-state index in [0.717, 1.165) is 10.9 Å². The van der Waals surface area contributed by atoms with E-state index in [0.29, 0.717) is 27.6 Å². The molecule has 0 bridgehead atoms. The summed E-state index contributed by atoms with van der Waals surface area (Å²) in [4.78, 5) is 23.9. The standard InChI is InChI=1S/C18H17ClN6O3/c1-18(2,8-26)23-17(27)28-13-7-21-16-15(13)22-12(6-20-16)14-10-4-3-9(19)5-11(10)24-25-14/h3-7,26H,8H2,1-2H3,(H,20,21)(H,23,27)(H,24,25). The van der Waals surface area contributed by atoms with Crippen LogP contribution in [0.3, 0.4) is 0 Å². The molecule has 1 aromatic carbocycles. The van der Waals surface area contributed by atoms with Crippen LogP contribution < -0.4 is 10.1 Å². The minimum Gasteiger partial charge on any atom is -0.406 e. The third kappa shape index (κ3) is 3.37. The van der Waals surface area contributed by atoms with Crippen LogP contribution in [0.2, 0.25) is 5.02 Å². The van der Waals surface area contributed by atoms with Gasteiger partial charge in [-0.15, -0.1) is 0 Å². The van der Waals surface area contributed by atoms with Gasteiger partial charge in [0.2, 0.25) is 0 Å². The number of halogens is 1. The Morgan fingerprint density at radius 1 is 1.39 bits per heavy atom. The molecule has 0 unspecified atom stereocenters. The number of fused-ring (bicyclic) bond motifs is 2. The highest BCUT2D eigenvalue weighted by atomic mass is 35.5. The molecule has 1 amide bonds. The summed E-state index contributed by atoms with van der Waals surface area (Å²) in [7, 11) is 0. The first-order valence-electron chi connectivity index (χ1n) is 8.45. The summed E-state index contributed by atoms with van der Waals surface area (Å²) in [6.45, 7) is 3.13. The molecule has 3 heterocycles. The summed E-state index contributed by atoms with van der Waals surface area (Å²) >= 11 is 6.01. The van der Waals surface area contributed by atoms with E-state index in [9.17, 15) is 9.90 Å². The van der Waals surface area contributed by atoms with Crippen molar-refractivity contribution in [3.63, 3.8) is 0 Å². The normalized spacial score (nSPS) is 11.9. The Morgan fingerprint density at radius 3 is 3.00 bits per heavy atom. The minimum atomic E-state index is -0.810. The molecule has 0 aliphatic heterocycles. The number of aromatic amines is 2. The van der Waals surface area contributed by atoms with Crippen LogP contribution in [0.4, 0.5) is 4.79 Å². The van der Waals surface area contributed by atoms with Gasteiger partial charge < -0.3 is 20.1 Å². The van der Waals surface area contributed by atoms with Crippen molar-refractivity contribution < 1.29 is 14.6 Å². The van der Waals surface area contributed by atoms with E-state index in [1.54, 1.807) is 32.2 Å². The molecule has 4 rings (SSSR count). The number of rotatable bonds is 4. The van der Waals surface area contributed by atoms with E-state index in [4.69, 9.17) is 16.3 Å². The zero-order valence-corrected chi connectivity index (χ0v) is 15.8. The van der Waals surface area contributed by atoms with Gasteiger partial charge in [-0.1, -0.05) is 11.6 Å². The molecule has 0 spiro atoms. The Labute approximate surface area is 164 Å². The number of hydrogen-bond donors (Lipinski definition) is 4. The van der Waals surface area contributed by atoms with Gasteiger partial charge in [0.1, 0.15) is 11.4 Å². The summed E-state index contributed by atoms with van der Waals surface area (Å²) in [6, 6.07) is 5.39. The molecule has 10 heteroatoms. The van der Waals surface area contributed by atoms with Crippen LogP contribution in [-0.4, -0.2) is 48.5 Å². The monoisotopic (exact) mass is 400 g/mol. The van der Waals surface area contributed by atoms with Gasteiger partial charge in [-0.25, -0.2) is 14.8 Å². The van der Waals surface area contributed by atoms with Gasteiger partial charge >= 0.3 is 6.09 Å². The van der Waals surface area contributed by atoms with E-state index in [2.05, 4.69) is 30.5 Å². The molecule has 144 valence electrons. The van der Waals surface area contributed by atoms with Crippen LogP contribution in [0.1, 0.15) is 13.8 Å². The molecule has 3 aromatic heterocycles. The summed E-state index contributed by atoms with van der Waals surface area (Å²) in [6.07, 6.45) is 2.39. The smallest absolute Gasteiger partial charge is 0.406 e. The predicted octanol–water partition coefficient (Wildman–Crippen LogP) is 3.01. The number of carbonyl (C=O) groups is 1. The van der Waals surface area contributed by atoms with Crippen molar-refractivity contribution in [1.29, 1.82) is 0 Å². The molecule has 0 fully saturated rings. The number of benzene rings is 1. The van der Waals surface area contributed by atoms with Gasteiger partial charge in [-0.05, 0) is 32.0 Å². The van der Waals surface area contributed by atoms with E-state index in [1.807, 2.05) is 6.07 Å². The fourth-order valence-electron chi connectivity index (χ4n) is 2.69. The quantitative estimate of drug-likeness (QED) is 0.416. The SMILES string of the molecule is CC(C)(CO)NC(=O)Oc1c[nH]c2ncc(-c3n[nH]c4cc(Cl)ccc34)nc12. The lowest BCUT2D eigenvalue weighted by Crippen LogP contribution is -2.47. The second-order valence-corrected chi connectivity index (χ2v) is 7.36. The van der Waals surface area contributed by atoms with Crippen LogP contribution in [0.5, 0.6) is 5.75 Å². The van der Waals surface area contributed by atoms with Crippen molar-refractivity contribution >= 4 is 39.8 Å². The maximum Gasteiger partial charge on any atom is 0.413 e. The molecule has 0 aliphatic rings. The summed E-state index contributed by atoms with van der Waals surface area (Å²) in [5.74, 6) is 0.221. The van der Waals surface area contributed by atoms with Gasteiger partial charge in [0.05, 0.1) is 23.9 Å². The number of aromatic nitrogens is 5. The molecule has 28 heavy (non-hydrogen) atoms. The van der Waals surface area contributed by atoms with Crippen molar-refractivity contribution in [1.82, 2.24) is 30.5 Å². The number of nitrogens with zero attached hydrogens (tertiary/aromatic N) is 3. The van der Waals surface area contributed by atoms with E-state index < -0.39 is 11.6 Å². The third-order valence-electron chi connectivity index (χ3n) is 4.15. The topological polar surface area (TPSA) is 129 Å². The number of amides is 1. The van der Waals surface area contributed by atoms with Gasteiger partial charge in [-0.3, -0.25) is 5.10 Å². The van der Waals surface area contributed by atoms with Crippen molar-refractivity contribution in [2.75, 3.05) is 6.61 Å². The predicted molar refractivity (Wildman–Crippen MR) is 104 cm³/mol. The number of aliphatic hydroxyl groups is 1. The first kappa shape index (κ1) is 18.2. The zero-order valence-electron chi connectivity index (χ0n) is 15.1. The van der Waals surface area contributed by atoms with E-state index >= 15 is 0 Å². The second-order valence-electron chi connectivity index (χ2n) is 6.92. The van der Waals surface area contributed by atoms with E-state index in [-0.39, 0.29) is 12.4 Å². The van der Waals surface area contributed by atoms with Crippen molar-refractivity contribution in [2.45, 2.75) is 19.4 Å². The number of carbonyl (C=O) groups excluding carboxylic acids is 1. The lowest BCUT2D eigenvalue weighted by atomic mass is 10.1. The van der Waals surface area contributed by atoms with Gasteiger partial charge in [0.15, 0.2) is 16.9 Å². The molecule has 4 aromatic rings. The fourth-order valence-corrected chi connectivity index (χ4v) is 2.86. The Kier molecular flexibility index (Phi) is 4.40. The lowest BCUT2D eigenvalue weighted by molar-refractivity contribution is 0.159. The van der Waals surface area contributed by atoms with Crippen molar-refractivity contribution in [3.05, 3.63) is 35.6 Å². The molecule has 0 saturated carbocycles. The summed E-state index contributed by atoms with van der Waals surface area (Å²) in [5.41, 5.74) is 1.95. The Bertz CT molecular complexity index is 1180. The van der Waals surface area contributed by atoms with Crippen molar-refractivity contribution in [2.24, 2.45) is 0 Å². The number of hydrogen-bond acceptors (Lipinski definition) is 6. The largest absolute Gasteiger partial charge is 0.413 e. The maximum atomic E-state index is 12.1. The molecule has 4 N–H and O–H groups in total. The van der Waals surface area contributed by atoms with Crippen LogP contribution in [0, 0.1) is 0 Å². The van der Waals surface area contributed by atoms with E-state index in [1.165, 1.54) is 6.20 Å². The summed E-state index contributed by atoms with van der Waals surface area (Å²) in [5, 5.41) is 20.5. The second kappa shape index (κ2) is 6.77. The third-order valence-corrected chi connectivity index (χ3v) is 4.39. The highest BCUT2D eigenvalue weighted by Crippen LogP contribution is 2.29. The zero-order chi connectivity index (χ0) is 19.9. The van der Waals surface area contributed by atoms with Gasteiger partial charge in [0.25, 0.3) is 0 Å². The maximum absolute atomic E-state index is 12.1. The van der Waals surface area contributed by atoms with Crippen LogP contribution in [0.15, 0.2) is 30.6 Å². The number of ether oxygens (including phenoxy) is 1. The average Bonchev–Trinajstić information content (AvgIpc) is 3.24. The highest BCUT2D eigenvalue weighted by molar-refractivity contribution is 6.31. The highest BCUT2D eigenvalue weighted by Gasteiger charge is 2.22. The molecule has 0 atom stereocenters. The lowest BCUT2D eigenvalue weighted by Gasteiger charge is -2.22. The van der Waals surface area contributed by atoms with Gasteiger partial charge in [0, 0.05) is 16.6 Å².